The zero-order valence-corrected chi connectivity index (χ0v) is 15.3. The first kappa shape index (κ1) is 17.6. The molecule has 1 fully saturated rings. The second kappa shape index (κ2) is 8.27. The Bertz CT molecular complexity index is 899. The van der Waals surface area contributed by atoms with Crippen LogP contribution in [0.3, 0.4) is 0 Å². The number of hydrogen-bond donors (Lipinski definition) is 1. The predicted molar refractivity (Wildman–Crippen MR) is 106 cm³/mol. The van der Waals surface area contributed by atoms with Gasteiger partial charge < -0.3 is 10.2 Å². The van der Waals surface area contributed by atoms with Crippen molar-refractivity contribution in [2.24, 2.45) is 0 Å². The van der Waals surface area contributed by atoms with Crippen LogP contribution in [0.4, 0.5) is 0 Å². The monoisotopic (exact) mass is 360 g/mol. The van der Waals surface area contributed by atoms with E-state index in [4.69, 9.17) is 0 Å². The number of nitrogens with zero attached hydrogens (tertiary/aromatic N) is 3. The lowest BCUT2D eigenvalue weighted by atomic mass is 10.0. The van der Waals surface area contributed by atoms with Crippen molar-refractivity contribution in [3.8, 4) is 0 Å². The van der Waals surface area contributed by atoms with Crippen molar-refractivity contribution in [2.45, 2.75) is 31.8 Å². The van der Waals surface area contributed by atoms with E-state index in [1.165, 1.54) is 0 Å². The summed E-state index contributed by atoms with van der Waals surface area (Å²) in [6, 6.07) is 15.9. The molecule has 5 heteroatoms. The molecule has 1 aliphatic rings. The summed E-state index contributed by atoms with van der Waals surface area (Å²) in [6.45, 7) is 2.45. The fraction of sp³-hybridized carbons (Fsp3) is 0.318. The van der Waals surface area contributed by atoms with Crippen molar-refractivity contribution >= 4 is 16.7 Å². The Balaban J connectivity index is 1.71. The molecule has 1 amide bonds. The fourth-order valence-corrected chi connectivity index (χ4v) is 3.77. The summed E-state index contributed by atoms with van der Waals surface area (Å²) in [6.07, 6.45) is 6.52. The topological polar surface area (TPSA) is 58.1 Å². The zero-order chi connectivity index (χ0) is 18.5. The molecular weight excluding hydrogens is 336 g/mol. The number of rotatable bonds is 4. The highest BCUT2D eigenvalue weighted by molar-refractivity contribution is 6.05. The molecule has 3 aromatic rings. The lowest BCUT2D eigenvalue weighted by molar-refractivity contribution is 0.0638. The number of carbonyl (C=O) groups excluding carboxylic acids is 1. The van der Waals surface area contributed by atoms with Crippen molar-refractivity contribution in [3.63, 3.8) is 0 Å². The summed E-state index contributed by atoms with van der Waals surface area (Å²) < 4.78 is 0. The molecule has 0 bridgehead atoms. The first-order valence-corrected chi connectivity index (χ1v) is 9.58. The maximum absolute atomic E-state index is 13.6. The van der Waals surface area contributed by atoms with E-state index < -0.39 is 0 Å². The van der Waals surface area contributed by atoms with Gasteiger partial charge in [0, 0.05) is 23.8 Å². The highest BCUT2D eigenvalue weighted by atomic mass is 16.2. The second-order valence-corrected chi connectivity index (χ2v) is 6.97. The van der Waals surface area contributed by atoms with Gasteiger partial charge in [-0.15, -0.1) is 0 Å². The highest BCUT2D eigenvalue weighted by Crippen LogP contribution is 2.23. The summed E-state index contributed by atoms with van der Waals surface area (Å²) in [7, 11) is 0. The van der Waals surface area contributed by atoms with Crippen molar-refractivity contribution in [2.75, 3.05) is 13.1 Å². The lowest BCUT2D eigenvalue weighted by Crippen LogP contribution is -2.41. The van der Waals surface area contributed by atoms with E-state index in [9.17, 15) is 4.79 Å². The summed E-state index contributed by atoms with van der Waals surface area (Å²) in [5.41, 5.74) is 1.43. The van der Waals surface area contributed by atoms with Crippen LogP contribution in [0, 0.1) is 0 Å². The van der Waals surface area contributed by atoms with Crippen molar-refractivity contribution in [3.05, 3.63) is 72.3 Å². The van der Waals surface area contributed by atoms with Crippen LogP contribution in [0.5, 0.6) is 0 Å². The molecular formula is C22H24N4O. The zero-order valence-electron chi connectivity index (χ0n) is 15.3. The Hall–Kier alpha value is -2.79. The quantitative estimate of drug-likeness (QED) is 0.775. The van der Waals surface area contributed by atoms with Gasteiger partial charge in [0.15, 0.2) is 0 Å². The average molecular weight is 360 g/mol. The predicted octanol–water partition coefficient (Wildman–Crippen LogP) is 3.41. The number of benzene rings is 1. The van der Waals surface area contributed by atoms with Crippen LogP contribution in [0.25, 0.3) is 10.8 Å². The van der Waals surface area contributed by atoms with Crippen molar-refractivity contribution in [1.82, 2.24) is 20.2 Å². The molecule has 1 unspecified atom stereocenters. The summed E-state index contributed by atoms with van der Waals surface area (Å²) in [5, 5.41) is 5.38. The summed E-state index contributed by atoms with van der Waals surface area (Å²) in [4.78, 5) is 24.5. The minimum absolute atomic E-state index is 0.00986. The lowest BCUT2D eigenvalue weighted by Gasteiger charge is -2.31. The van der Waals surface area contributed by atoms with E-state index in [-0.39, 0.29) is 11.9 Å². The van der Waals surface area contributed by atoms with Crippen LogP contribution in [-0.2, 0) is 6.54 Å². The highest BCUT2D eigenvalue weighted by Gasteiger charge is 2.27. The largest absolute Gasteiger partial charge is 0.328 e. The fourth-order valence-electron chi connectivity index (χ4n) is 3.77. The third-order valence-electron chi connectivity index (χ3n) is 5.18. The molecule has 0 radical (unpaired) electrons. The SMILES string of the molecule is O=C(c1nccc2ccccc12)N(Cc1ccccn1)C1CCCNCC1. The molecule has 1 saturated heterocycles. The molecule has 0 aliphatic carbocycles. The Morgan fingerprint density at radius 2 is 1.89 bits per heavy atom. The Morgan fingerprint density at radius 1 is 1.00 bits per heavy atom. The van der Waals surface area contributed by atoms with Gasteiger partial charge in [0.25, 0.3) is 5.91 Å². The van der Waals surface area contributed by atoms with Gasteiger partial charge >= 0.3 is 0 Å². The Labute approximate surface area is 159 Å². The molecule has 1 N–H and O–H groups in total. The van der Waals surface area contributed by atoms with Crippen molar-refractivity contribution in [1.29, 1.82) is 0 Å². The number of fused-ring (bicyclic) bond motifs is 1. The molecule has 5 nitrogen and oxygen atoms in total. The summed E-state index contributed by atoms with van der Waals surface area (Å²) in [5.74, 6) is -0.00986. The number of aromatic nitrogens is 2. The van der Waals surface area contributed by atoms with E-state index in [0.29, 0.717) is 12.2 Å². The first-order valence-electron chi connectivity index (χ1n) is 9.58. The van der Waals surface area contributed by atoms with E-state index in [0.717, 1.165) is 48.8 Å². The van der Waals surface area contributed by atoms with Gasteiger partial charge in [-0.2, -0.15) is 0 Å². The third-order valence-corrected chi connectivity index (χ3v) is 5.18. The normalized spacial score (nSPS) is 17.4. The smallest absolute Gasteiger partial charge is 0.273 e. The van der Waals surface area contributed by atoms with Gasteiger partial charge in [0.2, 0.25) is 0 Å². The van der Waals surface area contributed by atoms with E-state index in [2.05, 4.69) is 15.3 Å². The van der Waals surface area contributed by atoms with Crippen LogP contribution in [-0.4, -0.2) is 39.9 Å². The molecule has 1 aliphatic heterocycles. The first-order chi connectivity index (χ1) is 13.3. The maximum Gasteiger partial charge on any atom is 0.273 e. The Morgan fingerprint density at radius 3 is 2.78 bits per heavy atom. The van der Waals surface area contributed by atoms with Crippen LogP contribution < -0.4 is 5.32 Å². The minimum atomic E-state index is -0.00986. The van der Waals surface area contributed by atoms with Crippen LogP contribution >= 0.6 is 0 Å². The molecule has 0 spiro atoms. The third kappa shape index (κ3) is 3.98. The van der Waals surface area contributed by atoms with Gasteiger partial charge in [0.05, 0.1) is 12.2 Å². The number of hydrogen-bond acceptors (Lipinski definition) is 4. The number of pyridine rings is 2. The molecule has 3 heterocycles. The molecule has 2 aromatic heterocycles. The number of amides is 1. The van der Waals surface area contributed by atoms with Crippen molar-refractivity contribution < 1.29 is 4.79 Å². The molecule has 1 atom stereocenters. The van der Waals surface area contributed by atoms with Gasteiger partial charge in [-0.25, -0.2) is 0 Å². The number of carbonyl (C=O) groups is 1. The maximum atomic E-state index is 13.6. The standard InChI is InChI=1S/C22H24N4O/c27-22(21-20-9-2-1-6-17(20)10-15-25-21)26(16-18-7-3-4-13-24-18)19-8-5-12-23-14-11-19/h1-4,6-7,9-10,13,15,19,23H,5,8,11-12,14,16H2. The second-order valence-electron chi connectivity index (χ2n) is 6.97. The minimum Gasteiger partial charge on any atom is -0.328 e. The Kier molecular flexibility index (Phi) is 5.39. The van der Waals surface area contributed by atoms with Crippen LogP contribution in [0.1, 0.15) is 35.4 Å². The molecule has 4 rings (SSSR count). The van der Waals surface area contributed by atoms with Gasteiger partial charge in [-0.05, 0) is 55.9 Å². The van der Waals surface area contributed by atoms with E-state index in [1.807, 2.05) is 53.4 Å². The van der Waals surface area contributed by atoms with Gasteiger partial charge in [-0.1, -0.05) is 30.3 Å². The molecule has 0 saturated carbocycles. The van der Waals surface area contributed by atoms with Crippen LogP contribution in [0.15, 0.2) is 60.9 Å². The van der Waals surface area contributed by atoms with E-state index >= 15 is 0 Å². The van der Waals surface area contributed by atoms with Gasteiger partial charge in [0.1, 0.15) is 5.69 Å². The van der Waals surface area contributed by atoms with Crippen LogP contribution in [0.2, 0.25) is 0 Å². The number of nitrogens with one attached hydrogen (secondary N) is 1. The molecule has 1 aromatic carbocycles. The van der Waals surface area contributed by atoms with E-state index in [1.54, 1.807) is 12.4 Å². The molecule has 27 heavy (non-hydrogen) atoms. The summed E-state index contributed by atoms with van der Waals surface area (Å²) >= 11 is 0. The molecule has 138 valence electrons. The average Bonchev–Trinajstić information content (AvgIpc) is 3.01. The van der Waals surface area contributed by atoms with Gasteiger partial charge in [-0.3, -0.25) is 14.8 Å².